The number of ether oxygens (including phenoxy) is 3. The van der Waals surface area contributed by atoms with Gasteiger partial charge in [-0.15, -0.1) is 0 Å². The monoisotopic (exact) mass is 522 g/mol. The first-order valence-electron chi connectivity index (χ1n) is 10.4. The molecule has 0 amide bonds. The number of carbonyl (C=O) groups excluding carboxylic acids is 1. The van der Waals surface area contributed by atoms with E-state index in [1.807, 2.05) is 0 Å². The lowest BCUT2D eigenvalue weighted by Crippen LogP contribution is -2.63. The smallest absolute Gasteiger partial charge is 0.189 e. The summed E-state index contributed by atoms with van der Waals surface area (Å²) in [5, 5.41) is 120. The quantitative estimate of drug-likeness (QED) is 0.125. The van der Waals surface area contributed by atoms with Gasteiger partial charge in [-0.25, -0.2) is 0 Å². The van der Waals surface area contributed by atoms with Crippen LogP contribution in [0.5, 0.6) is 0 Å². The van der Waals surface area contributed by atoms with Gasteiger partial charge in [0, 0.05) is 0 Å². The average Bonchev–Trinajstić information content (AvgIpc) is 2.87. The molecule has 17 nitrogen and oxygen atoms in total. The Bertz CT molecular complexity index is 574. The zero-order valence-electron chi connectivity index (χ0n) is 18.2. The van der Waals surface area contributed by atoms with Crippen LogP contribution in [0.25, 0.3) is 0 Å². The SMILES string of the molecule is O=C[C@@H](O)[C@@H](O)[C@H](O)[C@H](O)CO.OC[C@H]1O[C@H](O[C@H]2O[C@H](CO)[C@@H](O)[C@H](O)[C@H]2O)[C@H](O)[C@@H](O)[C@@H]1O. The van der Waals surface area contributed by atoms with E-state index in [1.165, 1.54) is 0 Å². The summed E-state index contributed by atoms with van der Waals surface area (Å²) in [5.41, 5.74) is 0. The van der Waals surface area contributed by atoms with Crippen LogP contribution >= 0.6 is 0 Å². The molecule has 17 heteroatoms. The third kappa shape index (κ3) is 8.01. The number of aliphatic hydroxyl groups is 13. The van der Waals surface area contributed by atoms with Crippen LogP contribution in [0, 0.1) is 0 Å². The predicted molar refractivity (Wildman–Crippen MR) is 106 cm³/mol. The minimum atomic E-state index is -1.79. The molecule has 0 spiro atoms. The number of aliphatic hydroxyl groups excluding tert-OH is 13. The van der Waals surface area contributed by atoms with Crippen molar-refractivity contribution in [3.8, 4) is 0 Å². The Kier molecular flexibility index (Phi) is 13.5. The molecule has 14 atom stereocenters. The van der Waals surface area contributed by atoms with Crippen molar-refractivity contribution in [2.75, 3.05) is 19.8 Å². The topological polar surface area (TPSA) is 308 Å². The highest BCUT2D eigenvalue weighted by molar-refractivity contribution is 5.56. The van der Waals surface area contributed by atoms with Gasteiger partial charge < -0.3 is 85.4 Å². The molecule has 13 N–H and O–H groups in total. The fraction of sp³-hybridized carbons (Fsp3) is 0.944. The van der Waals surface area contributed by atoms with Gasteiger partial charge in [0.1, 0.15) is 73.2 Å². The minimum absolute atomic E-state index is 0.0258. The Morgan fingerprint density at radius 2 is 1.06 bits per heavy atom. The Balaban J connectivity index is 0.000000434. The van der Waals surface area contributed by atoms with E-state index in [0.29, 0.717) is 0 Å². The molecule has 0 aromatic rings. The minimum Gasteiger partial charge on any atom is -0.394 e. The predicted octanol–water partition coefficient (Wildman–Crippen LogP) is -8.78. The maximum absolute atomic E-state index is 9.90. The lowest BCUT2D eigenvalue weighted by atomic mass is 9.98. The van der Waals surface area contributed by atoms with Crippen molar-refractivity contribution in [3.05, 3.63) is 0 Å². The highest BCUT2D eigenvalue weighted by Gasteiger charge is 2.49. The van der Waals surface area contributed by atoms with Crippen LogP contribution in [-0.4, -0.2) is 178 Å². The lowest BCUT2D eigenvalue weighted by Gasteiger charge is -2.44. The first-order valence-corrected chi connectivity index (χ1v) is 10.4. The van der Waals surface area contributed by atoms with Crippen LogP contribution in [0.15, 0.2) is 0 Å². The molecule has 2 heterocycles. The molecule has 0 saturated carbocycles. The van der Waals surface area contributed by atoms with Crippen LogP contribution in [0.4, 0.5) is 0 Å². The van der Waals surface area contributed by atoms with E-state index in [4.69, 9.17) is 50.0 Å². The summed E-state index contributed by atoms with van der Waals surface area (Å²) in [4.78, 5) is 9.90. The Labute approximate surface area is 198 Å². The summed E-state index contributed by atoms with van der Waals surface area (Å²) in [5.74, 6) is 0. The van der Waals surface area contributed by atoms with Crippen LogP contribution in [0.3, 0.4) is 0 Å². The third-order valence-electron chi connectivity index (χ3n) is 5.39. The average molecular weight is 522 g/mol. The van der Waals surface area contributed by atoms with Gasteiger partial charge in [-0.3, -0.25) is 0 Å². The van der Waals surface area contributed by atoms with Crippen molar-refractivity contribution in [1.82, 2.24) is 0 Å². The second kappa shape index (κ2) is 14.7. The number of carbonyl (C=O) groups is 1. The fourth-order valence-corrected chi connectivity index (χ4v) is 3.11. The maximum atomic E-state index is 9.90. The van der Waals surface area contributed by atoms with E-state index < -0.39 is 106 Å². The van der Waals surface area contributed by atoms with E-state index in [2.05, 4.69) is 0 Å². The summed E-state index contributed by atoms with van der Waals surface area (Å²) >= 11 is 0. The molecular weight excluding hydrogens is 488 g/mol. The molecule has 2 rings (SSSR count). The molecule has 2 fully saturated rings. The molecule has 0 aromatic carbocycles. The van der Waals surface area contributed by atoms with Gasteiger partial charge in [-0.2, -0.15) is 0 Å². The normalized spacial score (nSPS) is 41.2. The van der Waals surface area contributed by atoms with Crippen molar-refractivity contribution < 1.29 is 85.4 Å². The molecule has 0 radical (unpaired) electrons. The highest BCUT2D eigenvalue weighted by Crippen LogP contribution is 2.27. The second-order valence-electron chi connectivity index (χ2n) is 7.89. The molecule has 2 aliphatic rings. The van der Waals surface area contributed by atoms with E-state index in [9.17, 15) is 35.4 Å². The van der Waals surface area contributed by atoms with Crippen molar-refractivity contribution in [3.63, 3.8) is 0 Å². The van der Waals surface area contributed by atoms with Crippen LogP contribution in [-0.2, 0) is 19.0 Å². The Morgan fingerprint density at radius 1 is 0.657 bits per heavy atom. The van der Waals surface area contributed by atoms with Crippen molar-refractivity contribution in [2.24, 2.45) is 0 Å². The lowest BCUT2D eigenvalue weighted by molar-refractivity contribution is -0.376. The Hall–Kier alpha value is -0.970. The molecule has 2 aliphatic heterocycles. The summed E-state index contributed by atoms with van der Waals surface area (Å²) in [6, 6.07) is 0. The van der Waals surface area contributed by atoms with Gasteiger partial charge in [0.25, 0.3) is 0 Å². The molecule has 0 bridgehead atoms. The van der Waals surface area contributed by atoms with Crippen molar-refractivity contribution >= 4 is 6.29 Å². The molecule has 0 unspecified atom stereocenters. The number of aldehydes is 1. The van der Waals surface area contributed by atoms with E-state index in [-0.39, 0.29) is 6.29 Å². The van der Waals surface area contributed by atoms with Gasteiger partial charge in [-0.05, 0) is 0 Å². The van der Waals surface area contributed by atoms with Gasteiger partial charge >= 0.3 is 0 Å². The van der Waals surface area contributed by atoms with Gasteiger partial charge in [0.2, 0.25) is 0 Å². The number of hydrogen-bond donors (Lipinski definition) is 13. The first-order chi connectivity index (χ1) is 16.4. The fourth-order valence-electron chi connectivity index (χ4n) is 3.11. The standard InChI is InChI=1S/C12H22O11.C6H12O6/c13-1-3-5(15)7(17)9(19)11(21-3)23-12-10(20)8(18)6(16)4(2-14)22-12;7-1-3(9)5(11)6(12)4(10)2-8/h3-20H,1-2H2;1,3-6,8-12H,2H2/t3-,4-,5-,6-,7+,8+,9-,10-,11-,12-;3-,4-,5-,6-/m11/s1. The zero-order valence-corrected chi connectivity index (χ0v) is 18.2. The van der Waals surface area contributed by atoms with Crippen LogP contribution in [0.1, 0.15) is 0 Å². The van der Waals surface area contributed by atoms with E-state index >= 15 is 0 Å². The third-order valence-corrected chi connectivity index (χ3v) is 5.39. The van der Waals surface area contributed by atoms with Crippen LogP contribution in [0.2, 0.25) is 0 Å². The van der Waals surface area contributed by atoms with Gasteiger partial charge in [-0.1, -0.05) is 0 Å². The van der Waals surface area contributed by atoms with Gasteiger partial charge in [0.05, 0.1) is 19.8 Å². The molecule has 0 aliphatic carbocycles. The summed E-state index contributed by atoms with van der Waals surface area (Å²) in [7, 11) is 0. The van der Waals surface area contributed by atoms with E-state index in [1.54, 1.807) is 0 Å². The summed E-state index contributed by atoms with van der Waals surface area (Å²) < 4.78 is 15.3. The van der Waals surface area contributed by atoms with E-state index in [0.717, 1.165) is 0 Å². The van der Waals surface area contributed by atoms with Crippen molar-refractivity contribution in [2.45, 2.75) is 85.8 Å². The first kappa shape index (κ1) is 32.1. The highest BCUT2D eigenvalue weighted by atomic mass is 16.8. The summed E-state index contributed by atoms with van der Waals surface area (Å²) in [6.07, 6.45) is -22.4. The molecule has 208 valence electrons. The maximum Gasteiger partial charge on any atom is 0.189 e. The molecule has 2 saturated heterocycles. The largest absolute Gasteiger partial charge is 0.394 e. The second-order valence-corrected chi connectivity index (χ2v) is 7.89. The van der Waals surface area contributed by atoms with Crippen molar-refractivity contribution in [1.29, 1.82) is 0 Å². The molecule has 35 heavy (non-hydrogen) atoms. The molecule has 0 aromatic heterocycles. The summed E-state index contributed by atoms with van der Waals surface area (Å²) in [6.45, 7) is -2.09. The molecular formula is C18H34O17. The number of hydrogen-bond acceptors (Lipinski definition) is 17. The zero-order chi connectivity index (χ0) is 27.0. The van der Waals surface area contributed by atoms with Crippen LogP contribution < -0.4 is 0 Å². The Morgan fingerprint density at radius 3 is 1.37 bits per heavy atom. The number of rotatable bonds is 9. The van der Waals surface area contributed by atoms with Gasteiger partial charge in [0.15, 0.2) is 18.9 Å².